The summed E-state index contributed by atoms with van der Waals surface area (Å²) in [4.78, 5) is 22.6. The van der Waals surface area contributed by atoms with Crippen molar-refractivity contribution in [3.8, 4) is 0 Å². The molecule has 0 radical (unpaired) electrons. The van der Waals surface area contributed by atoms with Crippen molar-refractivity contribution in [3.05, 3.63) is 91.0 Å². The molecule has 8 nitrogen and oxygen atoms in total. The summed E-state index contributed by atoms with van der Waals surface area (Å²) >= 11 is 7.86. The van der Waals surface area contributed by atoms with Gasteiger partial charge in [-0.3, -0.25) is 19.6 Å². The molecule has 0 saturated heterocycles. The molecule has 0 bridgehead atoms. The van der Waals surface area contributed by atoms with E-state index >= 15 is 0 Å². The van der Waals surface area contributed by atoms with Crippen LogP contribution in [0, 0.1) is 13.7 Å². The minimum absolute atomic E-state index is 0.0150. The number of benzene rings is 3. The average molecular weight is 558 g/mol. The van der Waals surface area contributed by atoms with Gasteiger partial charge in [-0.05, 0) is 83.3 Å². The largest absolute Gasteiger partial charge is 0.322 e. The third-order valence-electron chi connectivity index (χ3n) is 3.92. The number of carbonyl (C=O) groups is 1. The first-order valence-electron chi connectivity index (χ1n) is 8.29. The second kappa shape index (κ2) is 8.98. The highest BCUT2D eigenvalue weighted by Gasteiger charge is 2.17. The van der Waals surface area contributed by atoms with Crippen LogP contribution in [-0.2, 0) is 10.0 Å². The van der Waals surface area contributed by atoms with Gasteiger partial charge in [-0.1, -0.05) is 11.6 Å². The number of nitrogens with zero attached hydrogens (tertiary/aromatic N) is 1. The topological polar surface area (TPSA) is 118 Å². The van der Waals surface area contributed by atoms with Gasteiger partial charge in [0.05, 0.1) is 9.82 Å². The van der Waals surface area contributed by atoms with Crippen LogP contribution in [0.15, 0.2) is 71.6 Å². The van der Waals surface area contributed by atoms with Crippen molar-refractivity contribution in [1.82, 2.24) is 0 Å². The number of carbonyl (C=O) groups excluding carboxylic acids is 1. The molecule has 0 aliphatic carbocycles. The van der Waals surface area contributed by atoms with Gasteiger partial charge in [0.2, 0.25) is 0 Å². The first-order valence-corrected chi connectivity index (χ1v) is 11.2. The second-order valence-electron chi connectivity index (χ2n) is 6.01. The standard InChI is InChI=1S/C19H13ClIN3O5S/c20-17-10-1-12(11-18(17)24(26)27)19(25)22-14-6-8-16(9-7-14)30(28,29)23-15-4-2-13(21)3-5-15/h1-11,23H,(H,22,25). The Morgan fingerprint density at radius 3 is 2.17 bits per heavy atom. The van der Waals surface area contributed by atoms with Gasteiger partial charge in [0.15, 0.2) is 0 Å². The number of hydrogen-bond donors (Lipinski definition) is 2. The zero-order valence-corrected chi connectivity index (χ0v) is 18.7. The zero-order valence-electron chi connectivity index (χ0n) is 15.0. The van der Waals surface area contributed by atoms with Crippen molar-refractivity contribution in [2.75, 3.05) is 10.0 Å². The van der Waals surface area contributed by atoms with Crippen LogP contribution in [0.1, 0.15) is 10.4 Å². The minimum Gasteiger partial charge on any atom is -0.322 e. The average Bonchev–Trinajstić information content (AvgIpc) is 2.70. The number of anilines is 2. The number of sulfonamides is 1. The summed E-state index contributed by atoms with van der Waals surface area (Å²) in [5.41, 5.74) is 0.415. The third-order valence-corrected chi connectivity index (χ3v) is 6.36. The van der Waals surface area contributed by atoms with Crippen molar-refractivity contribution < 1.29 is 18.1 Å². The molecule has 0 aliphatic heterocycles. The summed E-state index contributed by atoms with van der Waals surface area (Å²) in [7, 11) is -3.80. The lowest BCUT2D eigenvalue weighted by Gasteiger charge is -2.10. The number of nitro groups is 1. The van der Waals surface area contributed by atoms with E-state index in [2.05, 4.69) is 32.6 Å². The van der Waals surface area contributed by atoms with Gasteiger partial charge >= 0.3 is 0 Å². The molecular weight excluding hydrogens is 545 g/mol. The van der Waals surface area contributed by atoms with Crippen LogP contribution >= 0.6 is 34.2 Å². The molecule has 11 heteroatoms. The highest BCUT2D eigenvalue weighted by atomic mass is 127. The van der Waals surface area contributed by atoms with E-state index < -0.39 is 20.9 Å². The molecule has 0 atom stereocenters. The van der Waals surface area contributed by atoms with Gasteiger partial charge in [0, 0.05) is 26.6 Å². The molecule has 3 aromatic rings. The van der Waals surface area contributed by atoms with E-state index in [1.165, 1.54) is 36.4 Å². The summed E-state index contributed by atoms with van der Waals surface area (Å²) in [5.74, 6) is -0.595. The highest BCUT2D eigenvalue weighted by Crippen LogP contribution is 2.26. The highest BCUT2D eigenvalue weighted by molar-refractivity contribution is 14.1. The van der Waals surface area contributed by atoms with Gasteiger partial charge in [0.25, 0.3) is 21.6 Å². The van der Waals surface area contributed by atoms with Crippen molar-refractivity contribution in [1.29, 1.82) is 0 Å². The van der Waals surface area contributed by atoms with Gasteiger partial charge in [0.1, 0.15) is 5.02 Å². The second-order valence-corrected chi connectivity index (χ2v) is 9.35. The molecule has 0 aromatic heterocycles. The van der Waals surface area contributed by atoms with E-state index in [4.69, 9.17) is 11.6 Å². The predicted octanol–water partition coefficient (Wildman–Crippen LogP) is 4.91. The predicted molar refractivity (Wildman–Crippen MR) is 122 cm³/mol. The Kier molecular flexibility index (Phi) is 6.58. The fourth-order valence-electron chi connectivity index (χ4n) is 2.45. The molecular formula is C19H13ClIN3O5S. The van der Waals surface area contributed by atoms with Crippen LogP contribution in [-0.4, -0.2) is 19.2 Å². The molecule has 1 amide bonds. The number of rotatable bonds is 6. The van der Waals surface area contributed by atoms with E-state index in [0.717, 1.165) is 9.64 Å². The summed E-state index contributed by atoms with van der Waals surface area (Å²) in [5, 5.41) is 13.4. The van der Waals surface area contributed by atoms with Crippen molar-refractivity contribution >= 4 is 67.2 Å². The van der Waals surface area contributed by atoms with Gasteiger partial charge in [-0.15, -0.1) is 0 Å². The lowest BCUT2D eigenvalue weighted by atomic mass is 10.2. The van der Waals surface area contributed by atoms with E-state index in [-0.39, 0.29) is 21.2 Å². The number of nitro benzene ring substituents is 1. The van der Waals surface area contributed by atoms with Crippen molar-refractivity contribution in [2.45, 2.75) is 4.90 Å². The van der Waals surface area contributed by atoms with Crippen molar-refractivity contribution in [3.63, 3.8) is 0 Å². The Bertz CT molecular complexity index is 1220. The molecule has 154 valence electrons. The third kappa shape index (κ3) is 5.26. The zero-order chi connectivity index (χ0) is 21.9. The molecule has 0 aliphatic rings. The molecule has 0 spiro atoms. The Hall–Kier alpha value is -2.70. The molecule has 3 aromatic carbocycles. The van der Waals surface area contributed by atoms with Crippen LogP contribution in [0.2, 0.25) is 5.02 Å². The number of amides is 1. The molecule has 0 saturated carbocycles. The lowest BCUT2D eigenvalue weighted by molar-refractivity contribution is -0.384. The van der Waals surface area contributed by atoms with E-state index in [0.29, 0.717) is 11.4 Å². The molecule has 2 N–H and O–H groups in total. The van der Waals surface area contributed by atoms with E-state index in [9.17, 15) is 23.3 Å². The van der Waals surface area contributed by atoms with Crippen LogP contribution < -0.4 is 10.0 Å². The maximum atomic E-state index is 12.5. The SMILES string of the molecule is O=C(Nc1ccc(S(=O)(=O)Nc2ccc(I)cc2)cc1)c1ccc(Cl)c([N+](=O)[O-])c1. The van der Waals surface area contributed by atoms with Crippen LogP contribution in [0.5, 0.6) is 0 Å². The van der Waals surface area contributed by atoms with Gasteiger partial charge < -0.3 is 5.32 Å². The molecule has 30 heavy (non-hydrogen) atoms. The number of halogens is 2. The fourth-order valence-corrected chi connectivity index (χ4v) is 4.05. The first kappa shape index (κ1) is 22.0. The van der Waals surface area contributed by atoms with Crippen LogP contribution in [0.25, 0.3) is 0 Å². The number of hydrogen-bond acceptors (Lipinski definition) is 5. The van der Waals surface area contributed by atoms with Gasteiger partial charge in [-0.25, -0.2) is 8.42 Å². The van der Waals surface area contributed by atoms with E-state index in [1.54, 1.807) is 24.3 Å². The quantitative estimate of drug-likeness (QED) is 0.254. The van der Waals surface area contributed by atoms with Crippen molar-refractivity contribution in [2.24, 2.45) is 0 Å². The lowest BCUT2D eigenvalue weighted by Crippen LogP contribution is -2.14. The van der Waals surface area contributed by atoms with Crippen LogP contribution in [0.4, 0.5) is 17.1 Å². The first-order chi connectivity index (χ1) is 14.2. The minimum atomic E-state index is -3.80. The Morgan fingerprint density at radius 2 is 1.57 bits per heavy atom. The Morgan fingerprint density at radius 1 is 0.967 bits per heavy atom. The summed E-state index contributed by atoms with van der Waals surface area (Å²) in [6.45, 7) is 0. The summed E-state index contributed by atoms with van der Waals surface area (Å²) < 4.78 is 28.4. The fraction of sp³-hybridized carbons (Fsp3) is 0. The van der Waals surface area contributed by atoms with E-state index in [1.807, 2.05) is 0 Å². The van der Waals surface area contributed by atoms with Crippen LogP contribution in [0.3, 0.4) is 0 Å². The van der Waals surface area contributed by atoms with Gasteiger partial charge in [-0.2, -0.15) is 0 Å². The normalized spacial score (nSPS) is 11.0. The molecule has 0 heterocycles. The maximum Gasteiger partial charge on any atom is 0.288 e. The summed E-state index contributed by atoms with van der Waals surface area (Å²) in [6, 6.07) is 16.1. The molecule has 3 rings (SSSR count). The summed E-state index contributed by atoms with van der Waals surface area (Å²) in [6.07, 6.45) is 0. The number of nitrogens with one attached hydrogen (secondary N) is 2. The molecule has 0 unspecified atom stereocenters. The smallest absolute Gasteiger partial charge is 0.288 e. The Balaban J connectivity index is 1.74. The monoisotopic (exact) mass is 557 g/mol. The molecule has 0 fully saturated rings. The Labute approximate surface area is 190 Å². The maximum absolute atomic E-state index is 12.5.